The lowest BCUT2D eigenvalue weighted by molar-refractivity contribution is 0.176. The molecule has 2 aliphatic heterocycles. The Morgan fingerprint density at radius 3 is 3.27 bits per heavy atom. The number of guanidine groups is 1. The van der Waals surface area contributed by atoms with Crippen LogP contribution >= 0.6 is 0 Å². The zero-order valence-electron chi connectivity index (χ0n) is 9.70. The summed E-state index contributed by atoms with van der Waals surface area (Å²) in [5.41, 5.74) is 0. The predicted octanol–water partition coefficient (Wildman–Crippen LogP) is 0.835. The first-order valence-electron chi connectivity index (χ1n) is 5.88. The van der Waals surface area contributed by atoms with E-state index in [0.29, 0.717) is 12.1 Å². The van der Waals surface area contributed by atoms with Crippen LogP contribution in [0, 0.1) is 0 Å². The van der Waals surface area contributed by atoms with Crippen molar-refractivity contribution in [2.24, 2.45) is 4.99 Å². The van der Waals surface area contributed by atoms with Crippen molar-refractivity contribution in [2.75, 3.05) is 26.8 Å². The minimum absolute atomic E-state index is 0.342. The fraction of sp³-hybridized carbons (Fsp3) is 0.909. The average molecular weight is 211 g/mol. The van der Waals surface area contributed by atoms with E-state index in [1.165, 1.54) is 19.3 Å². The van der Waals surface area contributed by atoms with Crippen molar-refractivity contribution in [1.29, 1.82) is 0 Å². The summed E-state index contributed by atoms with van der Waals surface area (Å²) < 4.78 is 5.11. The van der Waals surface area contributed by atoms with Crippen LogP contribution in [-0.2, 0) is 4.74 Å². The molecule has 86 valence electrons. The van der Waals surface area contributed by atoms with E-state index in [9.17, 15) is 0 Å². The van der Waals surface area contributed by atoms with Gasteiger partial charge in [0.25, 0.3) is 0 Å². The zero-order valence-corrected chi connectivity index (χ0v) is 9.70. The van der Waals surface area contributed by atoms with Crippen molar-refractivity contribution in [3.05, 3.63) is 0 Å². The minimum atomic E-state index is 0.342. The molecule has 4 heteroatoms. The molecule has 0 aromatic rings. The Hall–Kier alpha value is -0.770. The topological polar surface area (TPSA) is 36.9 Å². The lowest BCUT2D eigenvalue weighted by atomic mass is 10.0. The van der Waals surface area contributed by atoms with E-state index >= 15 is 0 Å². The second kappa shape index (κ2) is 4.84. The Balaban J connectivity index is 1.87. The summed E-state index contributed by atoms with van der Waals surface area (Å²) in [4.78, 5) is 7.00. The molecule has 0 aromatic carbocycles. The molecule has 0 saturated carbocycles. The van der Waals surface area contributed by atoms with Gasteiger partial charge < -0.3 is 15.0 Å². The number of rotatable bonds is 3. The number of nitrogens with zero attached hydrogens (tertiary/aromatic N) is 2. The smallest absolute Gasteiger partial charge is 0.194 e. The van der Waals surface area contributed by atoms with Gasteiger partial charge >= 0.3 is 0 Å². The summed E-state index contributed by atoms with van der Waals surface area (Å²) in [6, 6.07) is 1.01. The highest BCUT2D eigenvalue weighted by Crippen LogP contribution is 2.21. The molecule has 4 nitrogen and oxygen atoms in total. The van der Waals surface area contributed by atoms with Gasteiger partial charge in [0, 0.05) is 19.7 Å². The highest BCUT2D eigenvalue weighted by Gasteiger charge is 2.30. The molecule has 1 fully saturated rings. The number of ether oxygens (including phenoxy) is 1. The normalized spacial score (nSPS) is 27.2. The quantitative estimate of drug-likeness (QED) is 0.751. The third-order valence-electron chi connectivity index (χ3n) is 3.14. The number of aliphatic imine (C=N–C) groups is 1. The van der Waals surface area contributed by atoms with E-state index in [1.807, 2.05) is 0 Å². The molecule has 2 rings (SSSR count). The van der Waals surface area contributed by atoms with Gasteiger partial charge in [0.15, 0.2) is 5.96 Å². The van der Waals surface area contributed by atoms with Crippen LogP contribution < -0.4 is 5.32 Å². The van der Waals surface area contributed by atoms with Gasteiger partial charge in [0.05, 0.1) is 19.2 Å². The first-order chi connectivity index (χ1) is 7.31. The number of hydrogen-bond acceptors (Lipinski definition) is 4. The van der Waals surface area contributed by atoms with Gasteiger partial charge in [-0.1, -0.05) is 0 Å². The van der Waals surface area contributed by atoms with Crippen molar-refractivity contribution in [3.63, 3.8) is 0 Å². The van der Waals surface area contributed by atoms with E-state index in [0.717, 1.165) is 25.7 Å². The standard InChI is InChI=1S/C11H21N3O/c1-9(8-15-2)13-11-12-7-10-5-3-4-6-14(10)11/h9-10H,3-8H2,1-2H3,(H,12,13)/t9-,10+/m0/s1. The third-order valence-corrected chi connectivity index (χ3v) is 3.14. The molecule has 0 aliphatic carbocycles. The molecule has 0 radical (unpaired) electrons. The maximum absolute atomic E-state index is 5.11. The highest BCUT2D eigenvalue weighted by molar-refractivity contribution is 5.82. The maximum atomic E-state index is 5.11. The van der Waals surface area contributed by atoms with Gasteiger partial charge in [0.2, 0.25) is 0 Å². The average Bonchev–Trinajstić information content (AvgIpc) is 2.62. The van der Waals surface area contributed by atoms with Crippen LogP contribution in [0.1, 0.15) is 26.2 Å². The molecule has 2 aliphatic rings. The van der Waals surface area contributed by atoms with Crippen LogP contribution in [0.25, 0.3) is 0 Å². The Morgan fingerprint density at radius 2 is 2.47 bits per heavy atom. The molecule has 15 heavy (non-hydrogen) atoms. The molecule has 0 bridgehead atoms. The maximum Gasteiger partial charge on any atom is 0.194 e. The Bertz CT molecular complexity index is 242. The van der Waals surface area contributed by atoms with Crippen LogP contribution in [-0.4, -0.2) is 49.7 Å². The van der Waals surface area contributed by atoms with Crippen LogP contribution in [0.5, 0.6) is 0 Å². The van der Waals surface area contributed by atoms with Crippen molar-refractivity contribution in [1.82, 2.24) is 10.2 Å². The van der Waals surface area contributed by atoms with Crippen LogP contribution in [0.3, 0.4) is 0 Å². The van der Waals surface area contributed by atoms with E-state index in [1.54, 1.807) is 7.11 Å². The Kier molecular flexibility index (Phi) is 3.46. The highest BCUT2D eigenvalue weighted by atomic mass is 16.5. The van der Waals surface area contributed by atoms with E-state index in [2.05, 4.69) is 22.1 Å². The lowest BCUT2D eigenvalue weighted by Crippen LogP contribution is -2.49. The van der Waals surface area contributed by atoms with Crippen molar-refractivity contribution in [2.45, 2.75) is 38.3 Å². The van der Waals surface area contributed by atoms with E-state index in [-0.39, 0.29) is 0 Å². The van der Waals surface area contributed by atoms with Crippen LogP contribution in [0.4, 0.5) is 0 Å². The molecule has 2 heterocycles. The summed E-state index contributed by atoms with van der Waals surface area (Å²) in [7, 11) is 1.73. The van der Waals surface area contributed by atoms with Gasteiger partial charge in [-0.05, 0) is 26.2 Å². The van der Waals surface area contributed by atoms with E-state index in [4.69, 9.17) is 4.74 Å². The molecule has 2 atom stereocenters. The first-order valence-corrected chi connectivity index (χ1v) is 5.88. The number of nitrogens with one attached hydrogen (secondary N) is 1. The first kappa shape index (κ1) is 10.7. The molecule has 0 spiro atoms. The summed E-state index contributed by atoms with van der Waals surface area (Å²) in [6.45, 7) is 5.00. The molecule has 0 aromatic heterocycles. The van der Waals surface area contributed by atoms with Gasteiger partial charge in [0.1, 0.15) is 0 Å². The van der Waals surface area contributed by atoms with Crippen molar-refractivity contribution < 1.29 is 4.74 Å². The second-order valence-electron chi connectivity index (χ2n) is 4.51. The second-order valence-corrected chi connectivity index (χ2v) is 4.51. The van der Waals surface area contributed by atoms with E-state index < -0.39 is 0 Å². The van der Waals surface area contributed by atoms with Gasteiger partial charge in [-0.15, -0.1) is 0 Å². The van der Waals surface area contributed by atoms with Gasteiger partial charge in [-0.25, -0.2) is 0 Å². The molecule has 1 N–H and O–H groups in total. The molecular weight excluding hydrogens is 190 g/mol. The van der Waals surface area contributed by atoms with Gasteiger partial charge in [-0.3, -0.25) is 4.99 Å². The fourth-order valence-electron chi connectivity index (χ4n) is 2.39. The molecule has 0 unspecified atom stereocenters. The zero-order chi connectivity index (χ0) is 10.7. The summed E-state index contributed by atoms with van der Waals surface area (Å²) in [5, 5.41) is 3.43. The van der Waals surface area contributed by atoms with Crippen LogP contribution in [0.15, 0.2) is 4.99 Å². The Morgan fingerprint density at radius 1 is 1.60 bits per heavy atom. The monoisotopic (exact) mass is 211 g/mol. The number of methoxy groups -OCH3 is 1. The largest absolute Gasteiger partial charge is 0.383 e. The lowest BCUT2D eigenvalue weighted by Gasteiger charge is -2.33. The number of piperidine rings is 1. The minimum Gasteiger partial charge on any atom is -0.383 e. The van der Waals surface area contributed by atoms with Crippen molar-refractivity contribution >= 4 is 5.96 Å². The van der Waals surface area contributed by atoms with Crippen molar-refractivity contribution in [3.8, 4) is 0 Å². The van der Waals surface area contributed by atoms with Crippen LogP contribution in [0.2, 0.25) is 0 Å². The van der Waals surface area contributed by atoms with Gasteiger partial charge in [-0.2, -0.15) is 0 Å². The SMILES string of the molecule is COC[C@H](C)NC1=NC[C@H]2CCCCN12. The summed E-state index contributed by atoms with van der Waals surface area (Å²) in [6.07, 6.45) is 3.96. The third kappa shape index (κ3) is 2.43. The number of fused-ring (bicyclic) bond motifs is 1. The summed E-state index contributed by atoms with van der Waals surface area (Å²) >= 11 is 0. The number of hydrogen-bond donors (Lipinski definition) is 1. The molecule has 0 amide bonds. The Labute approximate surface area is 91.7 Å². The summed E-state index contributed by atoms with van der Waals surface area (Å²) in [5.74, 6) is 1.09. The fourth-order valence-corrected chi connectivity index (χ4v) is 2.39. The molecular formula is C11H21N3O. The molecule has 1 saturated heterocycles. The predicted molar refractivity (Wildman–Crippen MR) is 61.1 cm³/mol.